The van der Waals surface area contributed by atoms with Gasteiger partial charge in [0, 0.05) is 24.6 Å². The number of hydrogen-bond acceptors (Lipinski definition) is 3. The number of hydrogen-bond donors (Lipinski definition) is 2. The standard InChI is InChI=1S/C25H52N2O2/c1-7-9-11-13-15-17-22(16-14-12-10-8-2)27-23(28)18-19-25(5,6)29-21-20-24(3,4)26/h22H,7-21,26H2,1-6H3,(H,27,28). The van der Waals surface area contributed by atoms with Gasteiger partial charge in [-0.05, 0) is 53.4 Å². The molecule has 0 aliphatic rings. The van der Waals surface area contributed by atoms with Crippen LogP contribution in [0.1, 0.15) is 131 Å². The van der Waals surface area contributed by atoms with Crippen molar-refractivity contribution in [3.63, 3.8) is 0 Å². The summed E-state index contributed by atoms with van der Waals surface area (Å²) in [6, 6.07) is 0.336. The maximum absolute atomic E-state index is 12.6. The van der Waals surface area contributed by atoms with Gasteiger partial charge in [-0.25, -0.2) is 0 Å². The van der Waals surface area contributed by atoms with E-state index in [9.17, 15) is 4.79 Å². The molecule has 1 unspecified atom stereocenters. The molecule has 0 heterocycles. The molecule has 0 aliphatic carbocycles. The van der Waals surface area contributed by atoms with E-state index < -0.39 is 0 Å². The molecule has 0 aromatic carbocycles. The van der Waals surface area contributed by atoms with Gasteiger partial charge in [0.1, 0.15) is 0 Å². The van der Waals surface area contributed by atoms with Crippen molar-refractivity contribution in [1.82, 2.24) is 5.32 Å². The first kappa shape index (κ1) is 28.4. The third-order valence-corrected chi connectivity index (χ3v) is 5.62. The summed E-state index contributed by atoms with van der Waals surface area (Å²) >= 11 is 0. The lowest BCUT2D eigenvalue weighted by Gasteiger charge is -2.28. The maximum Gasteiger partial charge on any atom is 0.220 e. The van der Waals surface area contributed by atoms with Crippen LogP contribution in [0, 0.1) is 0 Å². The van der Waals surface area contributed by atoms with Crippen LogP contribution in [-0.2, 0) is 9.53 Å². The molecular formula is C25H52N2O2. The Balaban J connectivity index is 4.31. The predicted octanol–water partition coefficient (Wildman–Crippen LogP) is 6.50. The number of unbranched alkanes of at least 4 members (excludes halogenated alkanes) is 7. The molecule has 0 rings (SSSR count). The fourth-order valence-corrected chi connectivity index (χ4v) is 3.48. The number of carbonyl (C=O) groups is 1. The summed E-state index contributed by atoms with van der Waals surface area (Å²) in [5, 5.41) is 3.32. The zero-order chi connectivity index (χ0) is 22.2. The third-order valence-electron chi connectivity index (χ3n) is 5.62. The Morgan fingerprint density at radius 1 is 0.862 bits per heavy atom. The Morgan fingerprint density at radius 2 is 1.38 bits per heavy atom. The third kappa shape index (κ3) is 19.1. The summed E-state index contributed by atoms with van der Waals surface area (Å²) in [6.07, 6.45) is 15.8. The number of nitrogens with two attached hydrogens (primary N) is 1. The second-order valence-corrected chi connectivity index (χ2v) is 10.2. The second-order valence-electron chi connectivity index (χ2n) is 10.2. The Labute approximate surface area is 182 Å². The molecule has 0 saturated heterocycles. The van der Waals surface area contributed by atoms with Gasteiger partial charge in [0.25, 0.3) is 0 Å². The minimum atomic E-state index is -0.292. The van der Waals surface area contributed by atoms with Gasteiger partial charge in [-0.15, -0.1) is 0 Å². The molecule has 3 N–H and O–H groups in total. The van der Waals surface area contributed by atoms with Gasteiger partial charge >= 0.3 is 0 Å². The smallest absolute Gasteiger partial charge is 0.220 e. The maximum atomic E-state index is 12.6. The Kier molecular flexibility index (Phi) is 15.8. The lowest BCUT2D eigenvalue weighted by molar-refractivity contribution is -0.123. The van der Waals surface area contributed by atoms with Crippen LogP contribution in [0.5, 0.6) is 0 Å². The number of amides is 1. The first-order valence-electron chi connectivity index (χ1n) is 12.3. The van der Waals surface area contributed by atoms with E-state index in [1.807, 2.05) is 13.8 Å². The summed E-state index contributed by atoms with van der Waals surface area (Å²) in [6.45, 7) is 13.3. The molecular weight excluding hydrogens is 360 g/mol. The number of ether oxygens (including phenoxy) is 1. The van der Waals surface area contributed by atoms with Gasteiger partial charge in [0.2, 0.25) is 5.91 Å². The molecule has 0 saturated carbocycles. The number of carbonyl (C=O) groups excluding carboxylic acids is 1. The molecule has 0 radical (unpaired) electrons. The molecule has 4 heteroatoms. The van der Waals surface area contributed by atoms with Gasteiger partial charge in [-0.3, -0.25) is 4.79 Å². The summed E-state index contributed by atoms with van der Waals surface area (Å²) in [7, 11) is 0. The number of nitrogens with one attached hydrogen (secondary N) is 1. The highest BCUT2D eigenvalue weighted by Gasteiger charge is 2.22. The van der Waals surface area contributed by atoms with Crippen LogP contribution < -0.4 is 11.1 Å². The molecule has 29 heavy (non-hydrogen) atoms. The molecule has 0 bridgehead atoms. The van der Waals surface area contributed by atoms with Gasteiger partial charge in [0.05, 0.1) is 5.60 Å². The van der Waals surface area contributed by atoms with Crippen LogP contribution in [0.3, 0.4) is 0 Å². The first-order chi connectivity index (χ1) is 13.6. The van der Waals surface area contributed by atoms with Crippen LogP contribution in [0.2, 0.25) is 0 Å². The highest BCUT2D eigenvalue weighted by atomic mass is 16.5. The van der Waals surface area contributed by atoms with E-state index in [2.05, 4.69) is 33.0 Å². The van der Waals surface area contributed by atoms with Gasteiger partial charge < -0.3 is 15.8 Å². The van der Waals surface area contributed by atoms with Gasteiger partial charge in [-0.2, -0.15) is 0 Å². The fourth-order valence-electron chi connectivity index (χ4n) is 3.48. The molecule has 174 valence electrons. The van der Waals surface area contributed by atoms with Crippen LogP contribution >= 0.6 is 0 Å². The second kappa shape index (κ2) is 16.1. The summed E-state index contributed by atoms with van der Waals surface area (Å²) in [5.74, 6) is 0.176. The number of rotatable bonds is 19. The van der Waals surface area contributed by atoms with Crippen LogP contribution in [0.25, 0.3) is 0 Å². The van der Waals surface area contributed by atoms with E-state index >= 15 is 0 Å². The van der Waals surface area contributed by atoms with E-state index in [1.54, 1.807) is 0 Å². The van der Waals surface area contributed by atoms with Crippen LogP contribution in [0.15, 0.2) is 0 Å². The van der Waals surface area contributed by atoms with Crippen molar-refractivity contribution in [3.8, 4) is 0 Å². The summed E-state index contributed by atoms with van der Waals surface area (Å²) in [4.78, 5) is 12.6. The highest BCUT2D eigenvalue weighted by Crippen LogP contribution is 2.19. The van der Waals surface area contributed by atoms with Crippen molar-refractivity contribution in [2.75, 3.05) is 6.61 Å². The molecule has 0 spiro atoms. The lowest BCUT2D eigenvalue weighted by Crippen LogP contribution is -2.37. The quantitative estimate of drug-likeness (QED) is 0.238. The molecule has 0 aromatic heterocycles. The molecule has 1 amide bonds. The Bertz CT molecular complexity index is 402. The van der Waals surface area contributed by atoms with E-state index in [0.29, 0.717) is 19.1 Å². The van der Waals surface area contributed by atoms with Crippen molar-refractivity contribution in [2.45, 2.75) is 149 Å². The van der Waals surface area contributed by atoms with Crippen molar-refractivity contribution >= 4 is 5.91 Å². The van der Waals surface area contributed by atoms with E-state index in [-0.39, 0.29) is 17.0 Å². The van der Waals surface area contributed by atoms with E-state index in [4.69, 9.17) is 10.5 Å². The zero-order valence-electron chi connectivity index (χ0n) is 20.6. The van der Waals surface area contributed by atoms with Crippen molar-refractivity contribution < 1.29 is 9.53 Å². The zero-order valence-corrected chi connectivity index (χ0v) is 20.6. The first-order valence-corrected chi connectivity index (χ1v) is 12.3. The molecule has 0 aromatic rings. The molecule has 1 atom stereocenters. The highest BCUT2D eigenvalue weighted by molar-refractivity contribution is 5.76. The largest absolute Gasteiger partial charge is 0.375 e. The molecule has 4 nitrogen and oxygen atoms in total. The summed E-state index contributed by atoms with van der Waals surface area (Å²) < 4.78 is 6.00. The van der Waals surface area contributed by atoms with Crippen molar-refractivity contribution in [2.24, 2.45) is 5.73 Å². The van der Waals surface area contributed by atoms with Crippen LogP contribution in [-0.4, -0.2) is 29.7 Å². The van der Waals surface area contributed by atoms with Crippen molar-refractivity contribution in [1.29, 1.82) is 0 Å². The Morgan fingerprint density at radius 3 is 1.90 bits per heavy atom. The van der Waals surface area contributed by atoms with Crippen molar-refractivity contribution in [3.05, 3.63) is 0 Å². The molecule has 0 fully saturated rings. The molecule has 0 aliphatic heterocycles. The minimum absolute atomic E-state index is 0.176. The lowest BCUT2D eigenvalue weighted by atomic mass is 9.99. The summed E-state index contributed by atoms with van der Waals surface area (Å²) in [5.41, 5.74) is 5.52. The minimum Gasteiger partial charge on any atom is -0.375 e. The van der Waals surface area contributed by atoms with Gasteiger partial charge in [-0.1, -0.05) is 71.6 Å². The normalized spacial score (nSPS) is 13.5. The average molecular weight is 413 g/mol. The van der Waals surface area contributed by atoms with E-state index in [1.165, 1.54) is 57.8 Å². The fraction of sp³-hybridized carbons (Fsp3) is 0.960. The van der Waals surface area contributed by atoms with Crippen LogP contribution in [0.4, 0.5) is 0 Å². The Hall–Kier alpha value is -0.610. The average Bonchev–Trinajstić information content (AvgIpc) is 2.62. The topological polar surface area (TPSA) is 64.3 Å². The van der Waals surface area contributed by atoms with Gasteiger partial charge in [0.15, 0.2) is 0 Å². The van der Waals surface area contributed by atoms with E-state index in [0.717, 1.165) is 25.7 Å². The predicted molar refractivity (Wildman–Crippen MR) is 126 cm³/mol. The monoisotopic (exact) mass is 412 g/mol. The SMILES string of the molecule is CCCCCCCC(CCCCCC)NC(=O)CCC(C)(C)OCCC(C)(C)N.